The molecule has 0 aliphatic rings. The van der Waals surface area contributed by atoms with Gasteiger partial charge in [-0.3, -0.25) is 0 Å². The van der Waals surface area contributed by atoms with E-state index in [1.54, 1.807) is 11.0 Å². The summed E-state index contributed by atoms with van der Waals surface area (Å²) in [5.41, 5.74) is -0.555. The molecule has 0 aliphatic heterocycles. The molecule has 0 rings (SSSR count). The monoisotopic (exact) mass is 291 g/mol. The number of nitrogens with zero attached hydrogens (tertiary/aromatic N) is 3. The van der Waals surface area contributed by atoms with E-state index in [0.29, 0.717) is 38.8 Å². The Morgan fingerprint density at radius 3 is 2.52 bits per heavy atom. The topological polar surface area (TPSA) is 77.1 Å². The van der Waals surface area contributed by atoms with E-state index in [0.717, 1.165) is 0 Å². The molecule has 5 nitrogen and oxygen atoms in total. The highest BCUT2D eigenvalue weighted by Crippen LogP contribution is 2.16. The Bertz CT molecular complexity index is 413. The SMILES string of the molecule is C=CCCN(CC(CC#N)CCC#N)C(=O)OC(C)(C)C. The number of carbonyl (C=O) groups is 1. The Kier molecular flexibility index (Phi) is 8.88. The van der Waals surface area contributed by atoms with Crippen molar-refractivity contribution in [1.29, 1.82) is 10.5 Å². The van der Waals surface area contributed by atoms with E-state index in [-0.39, 0.29) is 12.0 Å². The summed E-state index contributed by atoms with van der Waals surface area (Å²) >= 11 is 0. The molecule has 0 aliphatic carbocycles. The fraction of sp³-hybridized carbons (Fsp3) is 0.688. The molecule has 1 unspecified atom stereocenters. The van der Waals surface area contributed by atoms with Crippen molar-refractivity contribution >= 4 is 6.09 Å². The summed E-state index contributed by atoms with van der Waals surface area (Å²) in [5, 5.41) is 17.5. The van der Waals surface area contributed by atoms with Gasteiger partial charge in [0.25, 0.3) is 0 Å². The Labute approximate surface area is 127 Å². The molecule has 0 fully saturated rings. The van der Waals surface area contributed by atoms with Crippen molar-refractivity contribution in [3.05, 3.63) is 12.7 Å². The number of nitriles is 2. The zero-order valence-electron chi connectivity index (χ0n) is 13.3. The highest BCUT2D eigenvalue weighted by molar-refractivity contribution is 5.68. The van der Waals surface area contributed by atoms with Crippen LogP contribution < -0.4 is 0 Å². The number of rotatable bonds is 8. The van der Waals surface area contributed by atoms with Crippen LogP contribution in [0, 0.1) is 28.6 Å². The first kappa shape index (κ1) is 19.0. The van der Waals surface area contributed by atoms with E-state index >= 15 is 0 Å². The van der Waals surface area contributed by atoms with E-state index in [4.69, 9.17) is 15.3 Å². The number of amides is 1. The minimum Gasteiger partial charge on any atom is -0.444 e. The lowest BCUT2D eigenvalue weighted by molar-refractivity contribution is 0.0222. The lowest BCUT2D eigenvalue weighted by atomic mass is 10.00. The quantitative estimate of drug-likeness (QED) is 0.640. The third kappa shape index (κ3) is 9.51. The van der Waals surface area contributed by atoms with Crippen molar-refractivity contribution in [3.63, 3.8) is 0 Å². The van der Waals surface area contributed by atoms with Crippen LogP contribution in [0.15, 0.2) is 12.7 Å². The average molecular weight is 291 g/mol. The van der Waals surface area contributed by atoms with Crippen LogP contribution in [-0.2, 0) is 4.74 Å². The van der Waals surface area contributed by atoms with Crippen LogP contribution in [0.5, 0.6) is 0 Å². The molecule has 21 heavy (non-hydrogen) atoms. The van der Waals surface area contributed by atoms with Gasteiger partial charge in [-0.05, 0) is 39.5 Å². The maximum absolute atomic E-state index is 12.2. The van der Waals surface area contributed by atoms with Crippen LogP contribution in [0.4, 0.5) is 4.79 Å². The van der Waals surface area contributed by atoms with Crippen LogP contribution in [0.1, 0.15) is 46.5 Å². The maximum atomic E-state index is 12.2. The van der Waals surface area contributed by atoms with Crippen molar-refractivity contribution in [2.75, 3.05) is 13.1 Å². The fourth-order valence-electron chi connectivity index (χ4n) is 1.80. The molecule has 0 saturated heterocycles. The van der Waals surface area contributed by atoms with E-state index in [2.05, 4.69) is 18.7 Å². The van der Waals surface area contributed by atoms with Gasteiger partial charge in [-0.1, -0.05) is 6.08 Å². The predicted octanol–water partition coefficient (Wildman–Crippen LogP) is 3.63. The summed E-state index contributed by atoms with van der Waals surface area (Å²) in [4.78, 5) is 13.8. The van der Waals surface area contributed by atoms with Crippen LogP contribution in [0.2, 0.25) is 0 Å². The minimum atomic E-state index is -0.555. The minimum absolute atomic E-state index is 0.00742. The summed E-state index contributed by atoms with van der Waals surface area (Å²) in [6.07, 6.45) is 3.34. The maximum Gasteiger partial charge on any atom is 0.410 e. The molecular weight excluding hydrogens is 266 g/mol. The second-order valence-corrected chi connectivity index (χ2v) is 5.93. The van der Waals surface area contributed by atoms with E-state index in [1.807, 2.05) is 20.8 Å². The van der Waals surface area contributed by atoms with Crippen molar-refractivity contribution in [2.24, 2.45) is 5.92 Å². The van der Waals surface area contributed by atoms with Gasteiger partial charge >= 0.3 is 6.09 Å². The smallest absolute Gasteiger partial charge is 0.410 e. The standard InChI is InChI=1S/C16H25N3O2/c1-5-6-12-19(15(20)21-16(2,3)4)13-14(9-11-18)8-7-10-17/h5,14H,1,6-9,12-13H2,2-4H3. The summed E-state index contributed by atoms with van der Waals surface area (Å²) in [6, 6.07) is 4.20. The largest absolute Gasteiger partial charge is 0.444 e. The molecule has 0 aromatic rings. The zero-order chi connectivity index (χ0) is 16.3. The Morgan fingerprint density at radius 2 is 2.05 bits per heavy atom. The third-order valence-corrected chi connectivity index (χ3v) is 2.78. The highest BCUT2D eigenvalue weighted by Gasteiger charge is 2.24. The first-order chi connectivity index (χ1) is 9.84. The summed E-state index contributed by atoms with van der Waals surface area (Å²) in [7, 11) is 0. The fourth-order valence-corrected chi connectivity index (χ4v) is 1.80. The van der Waals surface area contributed by atoms with Crippen LogP contribution in [0.25, 0.3) is 0 Å². The molecule has 0 radical (unpaired) electrons. The summed E-state index contributed by atoms with van der Waals surface area (Å²) in [6.45, 7) is 10.0. The first-order valence-corrected chi connectivity index (χ1v) is 7.16. The summed E-state index contributed by atoms with van der Waals surface area (Å²) < 4.78 is 5.39. The lowest BCUT2D eigenvalue weighted by Gasteiger charge is -2.29. The van der Waals surface area contributed by atoms with Gasteiger partial charge in [0.1, 0.15) is 5.60 Å². The van der Waals surface area contributed by atoms with Gasteiger partial charge in [0.05, 0.1) is 12.1 Å². The number of hydrogen-bond donors (Lipinski definition) is 0. The van der Waals surface area contributed by atoms with Crippen molar-refractivity contribution < 1.29 is 9.53 Å². The average Bonchev–Trinajstić information content (AvgIpc) is 2.38. The number of ether oxygens (including phenoxy) is 1. The van der Waals surface area contributed by atoms with E-state index in [9.17, 15) is 4.79 Å². The molecule has 116 valence electrons. The van der Waals surface area contributed by atoms with Crippen molar-refractivity contribution in [1.82, 2.24) is 4.90 Å². The molecule has 1 amide bonds. The highest BCUT2D eigenvalue weighted by atomic mass is 16.6. The molecule has 0 N–H and O–H groups in total. The van der Waals surface area contributed by atoms with E-state index < -0.39 is 5.60 Å². The van der Waals surface area contributed by atoms with E-state index in [1.165, 1.54) is 0 Å². The molecule has 0 spiro atoms. The van der Waals surface area contributed by atoms with Gasteiger partial charge in [-0.2, -0.15) is 10.5 Å². The second kappa shape index (κ2) is 9.83. The van der Waals surface area contributed by atoms with Gasteiger partial charge in [0.15, 0.2) is 0 Å². The number of carbonyl (C=O) groups excluding carboxylic acids is 1. The van der Waals surface area contributed by atoms with Gasteiger partial charge in [0.2, 0.25) is 0 Å². The van der Waals surface area contributed by atoms with Gasteiger partial charge < -0.3 is 9.64 Å². The molecule has 1 atom stereocenters. The molecule has 0 saturated carbocycles. The number of hydrogen-bond acceptors (Lipinski definition) is 4. The lowest BCUT2D eigenvalue weighted by Crippen LogP contribution is -2.40. The summed E-state index contributed by atoms with van der Waals surface area (Å²) in [5.74, 6) is -0.00742. The van der Waals surface area contributed by atoms with Gasteiger partial charge in [0, 0.05) is 25.9 Å². The normalized spacial score (nSPS) is 11.9. The Morgan fingerprint density at radius 1 is 1.38 bits per heavy atom. The molecule has 0 bridgehead atoms. The predicted molar refractivity (Wildman–Crippen MR) is 81.2 cm³/mol. The third-order valence-electron chi connectivity index (χ3n) is 2.78. The van der Waals surface area contributed by atoms with Crippen LogP contribution in [-0.4, -0.2) is 29.7 Å². The molecule has 5 heteroatoms. The van der Waals surface area contributed by atoms with Gasteiger partial charge in [-0.25, -0.2) is 4.79 Å². The molecule has 0 aromatic carbocycles. The van der Waals surface area contributed by atoms with Crippen molar-refractivity contribution in [2.45, 2.75) is 52.1 Å². The molecular formula is C16H25N3O2. The van der Waals surface area contributed by atoms with Crippen molar-refractivity contribution in [3.8, 4) is 12.1 Å². The van der Waals surface area contributed by atoms with Crippen LogP contribution in [0.3, 0.4) is 0 Å². The Balaban J connectivity index is 4.78. The van der Waals surface area contributed by atoms with Gasteiger partial charge in [-0.15, -0.1) is 6.58 Å². The first-order valence-electron chi connectivity index (χ1n) is 7.16. The zero-order valence-corrected chi connectivity index (χ0v) is 13.3. The molecule has 0 aromatic heterocycles. The van der Waals surface area contributed by atoms with Crippen LogP contribution >= 0.6 is 0 Å². The molecule has 0 heterocycles. The second-order valence-electron chi connectivity index (χ2n) is 5.93. The Hall–Kier alpha value is -2.01.